The molecule has 0 unspecified atom stereocenters. The molecule has 0 bridgehead atoms. The van der Waals surface area contributed by atoms with Crippen LogP contribution in [0.3, 0.4) is 0 Å². The summed E-state index contributed by atoms with van der Waals surface area (Å²) in [7, 11) is 1.68. The molecule has 0 saturated heterocycles. The fraction of sp³-hybridized carbons (Fsp3) is 0.455. The molecule has 5 heteroatoms. The molecule has 1 aromatic heterocycles. The molecule has 0 aliphatic carbocycles. The number of hydrogen-bond donors (Lipinski definition) is 1. The van der Waals surface area contributed by atoms with Gasteiger partial charge in [-0.2, -0.15) is 0 Å². The van der Waals surface area contributed by atoms with Crippen LogP contribution >= 0.6 is 0 Å². The highest BCUT2D eigenvalue weighted by Gasteiger charge is 2.11. The van der Waals surface area contributed by atoms with Crippen LogP contribution in [0.15, 0.2) is 23.1 Å². The van der Waals surface area contributed by atoms with E-state index in [0.717, 1.165) is 0 Å². The Morgan fingerprint density at radius 2 is 2.31 bits per heavy atom. The second kappa shape index (κ2) is 6.07. The van der Waals surface area contributed by atoms with Gasteiger partial charge in [-0.3, -0.25) is 9.59 Å². The normalized spacial score (nSPS) is 10.1. The van der Waals surface area contributed by atoms with Crippen LogP contribution in [0.4, 0.5) is 0 Å². The Balaban J connectivity index is 2.60. The Labute approximate surface area is 94.0 Å². The zero-order chi connectivity index (χ0) is 12.0. The number of pyridine rings is 1. The third-order valence-electron chi connectivity index (χ3n) is 2.14. The second-order valence-electron chi connectivity index (χ2n) is 3.37. The third kappa shape index (κ3) is 3.51. The molecule has 0 saturated carbocycles. The fourth-order valence-corrected chi connectivity index (χ4v) is 1.25. The Kier molecular flexibility index (Phi) is 4.72. The van der Waals surface area contributed by atoms with Crippen molar-refractivity contribution in [1.29, 1.82) is 0 Å². The lowest BCUT2D eigenvalue weighted by atomic mass is 10.2. The average molecular weight is 224 g/mol. The molecule has 1 N–H and O–H groups in total. The molecular formula is C11H16N2O3. The number of likely N-dealkylation sites (N-methyl/N-ethyl adjacent to an activating group) is 1. The van der Waals surface area contributed by atoms with Gasteiger partial charge in [-0.1, -0.05) is 0 Å². The van der Waals surface area contributed by atoms with Crippen LogP contribution < -0.4 is 5.56 Å². The highest BCUT2D eigenvalue weighted by molar-refractivity contribution is 5.93. The molecule has 0 aromatic carbocycles. The first-order chi connectivity index (χ1) is 7.65. The molecule has 1 rings (SSSR count). The molecular weight excluding hydrogens is 208 g/mol. The second-order valence-corrected chi connectivity index (χ2v) is 3.37. The fourth-order valence-electron chi connectivity index (χ4n) is 1.25. The number of ether oxygens (including phenoxy) is 1. The van der Waals surface area contributed by atoms with Gasteiger partial charge < -0.3 is 14.6 Å². The summed E-state index contributed by atoms with van der Waals surface area (Å²) >= 11 is 0. The van der Waals surface area contributed by atoms with E-state index in [4.69, 9.17) is 4.74 Å². The van der Waals surface area contributed by atoms with Crippen LogP contribution in [0.5, 0.6) is 0 Å². The lowest BCUT2D eigenvalue weighted by Crippen LogP contribution is -2.30. The number of nitrogens with zero attached hydrogens (tertiary/aromatic N) is 1. The first kappa shape index (κ1) is 12.4. The van der Waals surface area contributed by atoms with Crippen molar-refractivity contribution < 1.29 is 9.53 Å². The third-order valence-corrected chi connectivity index (χ3v) is 2.14. The average Bonchev–Trinajstić information content (AvgIpc) is 2.28. The van der Waals surface area contributed by atoms with Gasteiger partial charge in [0.05, 0.1) is 6.61 Å². The maximum absolute atomic E-state index is 11.8. The number of aromatic nitrogens is 1. The van der Waals surface area contributed by atoms with Crippen molar-refractivity contribution in [2.24, 2.45) is 0 Å². The largest absolute Gasteiger partial charge is 0.380 e. The molecule has 5 nitrogen and oxygen atoms in total. The molecule has 0 fully saturated rings. The SMILES string of the molecule is CCOCCN(C)C(=O)c1cc[nH]c(=O)c1. The van der Waals surface area contributed by atoms with Gasteiger partial charge in [-0.05, 0) is 13.0 Å². The van der Waals surface area contributed by atoms with Crippen LogP contribution in [0.25, 0.3) is 0 Å². The zero-order valence-corrected chi connectivity index (χ0v) is 9.53. The Bertz CT molecular complexity index is 400. The summed E-state index contributed by atoms with van der Waals surface area (Å²) in [5, 5.41) is 0. The van der Waals surface area contributed by atoms with Crippen LogP contribution in [0.2, 0.25) is 0 Å². The summed E-state index contributed by atoms with van der Waals surface area (Å²) in [6.07, 6.45) is 1.46. The van der Waals surface area contributed by atoms with Crippen LogP contribution in [0.1, 0.15) is 17.3 Å². The minimum Gasteiger partial charge on any atom is -0.380 e. The standard InChI is InChI=1S/C11H16N2O3/c1-3-16-7-6-13(2)11(15)9-4-5-12-10(14)8-9/h4-5,8H,3,6-7H2,1-2H3,(H,12,14). The number of nitrogens with one attached hydrogen (secondary N) is 1. The van der Waals surface area contributed by atoms with Crippen molar-refractivity contribution in [2.75, 3.05) is 26.8 Å². The van der Waals surface area contributed by atoms with E-state index in [2.05, 4.69) is 4.98 Å². The lowest BCUT2D eigenvalue weighted by Gasteiger charge is -2.16. The molecule has 1 aromatic rings. The highest BCUT2D eigenvalue weighted by atomic mass is 16.5. The molecule has 0 spiro atoms. The molecule has 0 radical (unpaired) electrons. The summed E-state index contributed by atoms with van der Waals surface area (Å²) in [5.74, 6) is -0.175. The Hall–Kier alpha value is -1.62. The minimum atomic E-state index is -0.274. The van der Waals surface area contributed by atoms with Crippen LogP contribution in [0, 0.1) is 0 Å². The number of carbonyl (C=O) groups excluding carboxylic acids is 1. The number of carbonyl (C=O) groups is 1. The first-order valence-electron chi connectivity index (χ1n) is 5.17. The van der Waals surface area contributed by atoms with Crippen molar-refractivity contribution in [3.8, 4) is 0 Å². The monoisotopic (exact) mass is 224 g/mol. The molecule has 1 amide bonds. The van der Waals surface area contributed by atoms with Gasteiger partial charge in [0.15, 0.2) is 0 Å². The van der Waals surface area contributed by atoms with Crippen molar-refractivity contribution in [3.63, 3.8) is 0 Å². The smallest absolute Gasteiger partial charge is 0.253 e. The predicted molar refractivity (Wildman–Crippen MR) is 60.5 cm³/mol. The summed E-state index contributed by atoms with van der Waals surface area (Å²) in [6.45, 7) is 3.55. The lowest BCUT2D eigenvalue weighted by molar-refractivity contribution is 0.0709. The molecule has 16 heavy (non-hydrogen) atoms. The van der Waals surface area contributed by atoms with Gasteiger partial charge >= 0.3 is 0 Å². The van der Waals surface area contributed by atoms with E-state index in [-0.39, 0.29) is 11.5 Å². The van der Waals surface area contributed by atoms with Crippen LogP contribution in [-0.4, -0.2) is 42.6 Å². The van der Waals surface area contributed by atoms with Gasteiger partial charge in [0.1, 0.15) is 0 Å². The van der Waals surface area contributed by atoms with E-state index in [1.165, 1.54) is 17.2 Å². The van der Waals surface area contributed by atoms with Crippen LogP contribution in [-0.2, 0) is 4.74 Å². The van der Waals surface area contributed by atoms with E-state index >= 15 is 0 Å². The van der Waals surface area contributed by atoms with E-state index in [1.54, 1.807) is 13.1 Å². The quantitative estimate of drug-likeness (QED) is 0.740. The van der Waals surface area contributed by atoms with Crippen molar-refractivity contribution >= 4 is 5.91 Å². The van der Waals surface area contributed by atoms with Gasteiger partial charge in [0.25, 0.3) is 5.91 Å². The summed E-state index contributed by atoms with van der Waals surface area (Å²) < 4.78 is 5.15. The highest BCUT2D eigenvalue weighted by Crippen LogP contribution is 1.99. The van der Waals surface area contributed by atoms with Gasteiger partial charge in [0.2, 0.25) is 5.56 Å². The van der Waals surface area contributed by atoms with E-state index in [0.29, 0.717) is 25.3 Å². The van der Waals surface area contributed by atoms with Crippen molar-refractivity contribution in [1.82, 2.24) is 9.88 Å². The number of rotatable bonds is 5. The molecule has 0 aliphatic heterocycles. The number of amides is 1. The van der Waals surface area contributed by atoms with E-state index in [1.807, 2.05) is 6.92 Å². The Morgan fingerprint density at radius 3 is 2.94 bits per heavy atom. The molecule has 88 valence electrons. The first-order valence-corrected chi connectivity index (χ1v) is 5.17. The van der Waals surface area contributed by atoms with E-state index in [9.17, 15) is 9.59 Å². The van der Waals surface area contributed by atoms with Gasteiger partial charge in [0, 0.05) is 38.0 Å². The number of aromatic amines is 1. The molecule has 1 heterocycles. The summed E-state index contributed by atoms with van der Waals surface area (Å²) in [4.78, 5) is 26.8. The summed E-state index contributed by atoms with van der Waals surface area (Å²) in [5.41, 5.74) is 0.117. The summed E-state index contributed by atoms with van der Waals surface area (Å²) in [6, 6.07) is 2.88. The minimum absolute atomic E-state index is 0.175. The molecule has 0 aliphatic rings. The number of H-pyrrole nitrogens is 1. The van der Waals surface area contributed by atoms with Gasteiger partial charge in [-0.25, -0.2) is 0 Å². The Morgan fingerprint density at radius 1 is 1.56 bits per heavy atom. The van der Waals surface area contributed by atoms with E-state index < -0.39 is 0 Å². The zero-order valence-electron chi connectivity index (χ0n) is 9.53. The maximum Gasteiger partial charge on any atom is 0.253 e. The number of hydrogen-bond acceptors (Lipinski definition) is 3. The topological polar surface area (TPSA) is 62.4 Å². The molecule has 0 atom stereocenters. The maximum atomic E-state index is 11.8. The van der Waals surface area contributed by atoms with Gasteiger partial charge in [-0.15, -0.1) is 0 Å². The van der Waals surface area contributed by atoms with Crippen molar-refractivity contribution in [3.05, 3.63) is 34.2 Å². The van der Waals surface area contributed by atoms with Crippen molar-refractivity contribution in [2.45, 2.75) is 6.92 Å². The predicted octanol–water partition coefficient (Wildman–Crippen LogP) is 0.483.